The van der Waals surface area contributed by atoms with Crippen LogP contribution in [-0.2, 0) is 14.3 Å². The van der Waals surface area contributed by atoms with Crippen molar-refractivity contribution < 1.29 is 19.1 Å². The molecule has 0 heterocycles. The van der Waals surface area contributed by atoms with Gasteiger partial charge in [0.25, 0.3) is 6.47 Å². The SMILES string of the molecule is Cc1ccccc1C(=O)OCC1CCC(COC=O)CC1. The van der Waals surface area contributed by atoms with Crippen LogP contribution >= 0.6 is 0 Å². The van der Waals surface area contributed by atoms with Gasteiger partial charge in [0.15, 0.2) is 0 Å². The molecule has 114 valence electrons. The van der Waals surface area contributed by atoms with E-state index in [0.29, 0.717) is 37.1 Å². The predicted octanol–water partition coefficient (Wildman–Crippen LogP) is 3.13. The summed E-state index contributed by atoms with van der Waals surface area (Å²) in [4.78, 5) is 22.2. The molecule has 0 N–H and O–H groups in total. The predicted molar refractivity (Wildman–Crippen MR) is 78.9 cm³/mol. The number of esters is 1. The van der Waals surface area contributed by atoms with Crippen molar-refractivity contribution in [1.82, 2.24) is 0 Å². The summed E-state index contributed by atoms with van der Waals surface area (Å²) in [5.74, 6) is 0.642. The third-order valence-electron chi connectivity index (χ3n) is 4.18. The molecule has 0 radical (unpaired) electrons. The zero-order valence-corrected chi connectivity index (χ0v) is 12.4. The molecule has 4 nitrogen and oxygen atoms in total. The molecule has 2 rings (SSSR count). The van der Waals surface area contributed by atoms with E-state index in [2.05, 4.69) is 0 Å². The zero-order valence-electron chi connectivity index (χ0n) is 12.4. The van der Waals surface area contributed by atoms with Crippen LogP contribution in [0.5, 0.6) is 0 Å². The van der Waals surface area contributed by atoms with E-state index >= 15 is 0 Å². The molecule has 1 aliphatic rings. The van der Waals surface area contributed by atoms with Gasteiger partial charge >= 0.3 is 5.97 Å². The fourth-order valence-corrected chi connectivity index (χ4v) is 2.81. The monoisotopic (exact) mass is 290 g/mol. The molecule has 0 aliphatic heterocycles. The van der Waals surface area contributed by atoms with Gasteiger partial charge in [-0.2, -0.15) is 0 Å². The van der Waals surface area contributed by atoms with Gasteiger partial charge in [0, 0.05) is 0 Å². The highest BCUT2D eigenvalue weighted by Crippen LogP contribution is 2.29. The fourth-order valence-electron chi connectivity index (χ4n) is 2.81. The van der Waals surface area contributed by atoms with Crippen LogP contribution in [0.4, 0.5) is 0 Å². The summed E-state index contributed by atoms with van der Waals surface area (Å²) in [6, 6.07) is 7.47. The average Bonchev–Trinajstić information content (AvgIpc) is 2.52. The zero-order chi connectivity index (χ0) is 15.1. The van der Waals surface area contributed by atoms with E-state index in [1.165, 1.54) is 0 Å². The molecule has 1 aromatic rings. The van der Waals surface area contributed by atoms with E-state index in [0.717, 1.165) is 31.2 Å². The first kappa shape index (κ1) is 15.5. The number of carbonyl (C=O) groups is 2. The van der Waals surface area contributed by atoms with Gasteiger partial charge in [-0.15, -0.1) is 0 Å². The number of ether oxygens (including phenoxy) is 2. The van der Waals surface area contributed by atoms with Crippen LogP contribution in [0.1, 0.15) is 41.6 Å². The molecule has 0 unspecified atom stereocenters. The maximum atomic E-state index is 12.0. The van der Waals surface area contributed by atoms with Crippen LogP contribution in [0.25, 0.3) is 0 Å². The Morgan fingerprint density at radius 1 is 1.14 bits per heavy atom. The standard InChI is InChI=1S/C17H22O4/c1-13-4-2-3-5-16(13)17(19)21-11-15-8-6-14(7-9-15)10-20-12-18/h2-5,12,14-15H,6-11H2,1H3. The molecule has 1 saturated carbocycles. The normalized spacial score (nSPS) is 21.6. The van der Waals surface area contributed by atoms with Crippen molar-refractivity contribution in [3.05, 3.63) is 35.4 Å². The first-order chi connectivity index (χ1) is 10.2. The third-order valence-corrected chi connectivity index (χ3v) is 4.18. The molecule has 0 spiro atoms. The lowest BCUT2D eigenvalue weighted by atomic mass is 9.83. The number of aryl methyl sites for hydroxylation is 1. The average molecular weight is 290 g/mol. The van der Waals surface area contributed by atoms with Gasteiger partial charge in [0.1, 0.15) is 0 Å². The van der Waals surface area contributed by atoms with E-state index in [1.807, 2.05) is 25.1 Å². The van der Waals surface area contributed by atoms with Crippen LogP contribution in [0.2, 0.25) is 0 Å². The van der Waals surface area contributed by atoms with Crippen molar-refractivity contribution in [1.29, 1.82) is 0 Å². The van der Waals surface area contributed by atoms with E-state index < -0.39 is 0 Å². The Labute approximate surface area is 125 Å². The highest BCUT2D eigenvalue weighted by Gasteiger charge is 2.23. The minimum Gasteiger partial charge on any atom is -0.468 e. The van der Waals surface area contributed by atoms with Crippen LogP contribution in [0.3, 0.4) is 0 Å². The summed E-state index contributed by atoms with van der Waals surface area (Å²) in [7, 11) is 0. The number of hydrogen-bond donors (Lipinski definition) is 0. The largest absolute Gasteiger partial charge is 0.468 e. The quantitative estimate of drug-likeness (QED) is 0.596. The lowest BCUT2D eigenvalue weighted by Gasteiger charge is -2.27. The summed E-state index contributed by atoms with van der Waals surface area (Å²) in [6.07, 6.45) is 4.10. The molecule has 1 aromatic carbocycles. The maximum absolute atomic E-state index is 12.0. The smallest absolute Gasteiger partial charge is 0.338 e. The molecule has 0 amide bonds. The maximum Gasteiger partial charge on any atom is 0.338 e. The van der Waals surface area contributed by atoms with Gasteiger partial charge in [0.2, 0.25) is 0 Å². The van der Waals surface area contributed by atoms with Crippen LogP contribution in [0, 0.1) is 18.8 Å². The Bertz CT molecular complexity index is 475. The van der Waals surface area contributed by atoms with Gasteiger partial charge in [-0.25, -0.2) is 4.79 Å². The number of rotatable bonds is 6. The van der Waals surface area contributed by atoms with Gasteiger partial charge in [-0.05, 0) is 56.1 Å². The van der Waals surface area contributed by atoms with E-state index in [1.54, 1.807) is 6.07 Å². The Hall–Kier alpha value is -1.84. The molecule has 0 aromatic heterocycles. The first-order valence-electron chi connectivity index (χ1n) is 7.48. The van der Waals surface area contributed by atoms with Crippen LogP contribution in [-0.4, -0.2) is 25.7 Å². The number of benzene rings is 1. The highest BCUT2D eigenvalue weighted by atomic mass is 16.5. The minimum atomic E-state index is -0.237. The summed E-state index contributed by atoms with van der Waals surface area (Å²) in [5.41, 5.74) is 1.59. The van der Waals surface area contributed by atoms with Crippen LogP contribution in [0.15, 0.2) is 24.3 Å². The van der Waals surface area contributed by atoms with Crippen molar-refractivity contribution in [2.45, 2.75) is 32.6 Å². The first-order valence-corrected chi connectivity index (χ1v) is 7.48. The van der Waals surface area contributed by atoms with Crippen molar-refractivity contribution in [2.24, 2.45) is 11.8 Å². The Morgan fingerprint density at radius 2 is 1.76 bits per heavy atom. The number of carbonyl (C=O) groups excluding carboxylic acids is 2. The van der Waals surface area contributed by atoms with Crippen molar-refractivity contribution in [3.63, 3.8) is 0 Å². The van der Waals surface area contributed by atoms with Crippen LogP contribution < -0.4 is 0 Å². The summed E-state index contributed by atoms with van der Waals surface area (Å²) < 4.78 is 10.2. The van der Waals surface area contributed by atoms with E-state index in [-0.39, 0.29) is 5.97 Å². The molecular weight excluding hydrogens is 268 g/mol. The summed E-state index contributed by atoms with van der Waals surface area (Å²) in [6.45, 7) is 3.42. The van der Waals surface area contributed by atoms with Crippen molar-refractivity contribution >= 4 is 12.4 Å². The lowest BCUT2D eigenvalue weighted by Crippen LogP contribution is -2.23. The van der Waals surface area contributed by atoms with Gasteiger partial charge in [-0.1, -0.05) is 18.2 Å². The van der Waals surface area contributed by atoms with Gasteiger partial charge in [0.05, 0.1) is 18.8 Å². The minimum absolute atomic E-state index is 0.237. The van der Waals surface area contributed by atoms with Gasteiger partial charge < -0.3 is 9.47 Å². The lowest BCUT2D eigenvalue weighted by molar-refractivity contribution is -0.130. The van der Waals surface area contributed by atoms with E-state index in [4.69, 9.17) is 9.47 Å². The molecule has 1 fully saturated rings. The second kappa shape index (κ2) is 7.81. The molecule has 21 heavy (non-hydrogen) atoms. The van der Waals surface area contributed by atoms with E-state index in [9.17, 15) is 9.59 Å². The molecular formula is C17H22O4. The van der Waals surface area contributed by atoms with Gasteiger partial charge in [-0.3, -0.25) is 4.79 Å². The molecule has 0 saturated heterocycles. The third kappa shape index (κ3) is 4.59. The molecule has 0 atom stereocenters. The second-order valence-electron chi connectivity index (χ2n) is 5.73. The topological polar surface area (TPSA) is 52.6 Å². The fraction of sp³-hybridized carbons (Fsp3) is 0.529. The Kier molecular flexibility index (Phi) is 5.78. The molecule has 0 bridgehead atoms. The Morgan fingerprint density at radius 3 is 2.38 bits per heavy atom. The summed E-state index contributed by atoms with van der Waals surface area (Å²) in [5, 5.41) is 0. The Balaban J connectivity index is 1.73. The molecule has 4 heteroatoms. The molecule has 1 aliphatic carbocycles. The number of hydrogen-bond acceptors (Lipinski definition) is 4. The van der Waals surface area contributed by atoms with Crippen molar-refractivity contribution in [2.75, 3.05) is 13.2 Å². The highest BCUT2D eigenvalue weighted by molar-refractivity contribution is 5.90. The summed E-state index contributed by atoms with van der Waals surface area (Å²) >= 11 is 0. The van der Waals surface area contributed by atoms with Crippen molar-refractivity contribution in [3.8, 4) is 0 Å². The second-order valence-corrected chi connectivity index (χ2v) is 5.73.